The number of rotatable bonds is 3. The number of carbonyl (C=O) groups is 2. The molecule has 0 unspecified atom stereocenters. The Hall–Kier alpha value is -2.04. The van der Waals surface area contributed by atoms with E-state index < -0.39 is 6.09 Å². The average Bonchev–Trinajstić information content (AvgIpc) is 2.52. The highest BCUT2D eigenvalue weighted by Gasteiger charge is 2.21. The highest BCUT2D eigenvalue weighted by atomic mass is 16.6. The fourth-order valence-electron chi connectivity index (χ4n) is 2.34. The topological polar surface area (TPSA) is 67.4 Å². The molecule has 0 heterocycles. The molecule has 5 nitrogen and oxygen atoms in total. The Balaban J connectivity index is 1.65. The van der Waals surface area contributed by atoms with Gasteiger partial charge >= 0.3 is 6.09 Å². The van der Waals surface area contributed by atoms with E-state index >= 15 is 0 Å². The third kappa shape index (κ3) is 4.57. The fraction of sp³-hybridized carbons (Fsp3) is 0.467. The van der Waals surface area contributed by atoms with E-state index in [4.69, 9.17) is 4.74 Å². The van der Waals surface area contributed by atoms with Crippen molar-refractivity contribution < 1.29 is 14.3 Å². The number of ether oxygens (including phenoxy) is 1. The summed E-state index contributed by atoms with van der Waals surface area (Å²) < 4.78 is 5.00. The number of amides is 2. The molecular formula is C15H20N2O3. The van der Waals surface area contributed by atoms with Gasteiger partial charge in [0.1, 0.15) is 6.61 Å². The van der Waals surface area contributed by atoms with Crippen LogP contribution in [0.3, 0.4) is 0 Å². The minimum absolute atomic E-state index is 0.0122. The van der Waals surface area contributed by atoms with Crippen molar-refractivity contribution in [2.24, 2.45) is 5.92 Å². The van der Waals surface area contributed by atoms with Crippen LogP contribution < -0.4 is 10.9 Å². The van der Waals surface area contributed by atoms with Crippen molar-refractivity contribution in [1.29, 1.82) is 0 Å². The minimum Gasteiger partial charge on any atom is -0.443 e. The SMILES string of the molecule is O=C(NNC(=O)C1CCCCC1)OCc1ccccc1. The molecule has 108 valence electrons. The maximum atomic E-state index is 11.8. The summed E-state index contributed by atoms with van der Waals surface area (Å²) in [5.41, 5.74) is 5.62. The molecule has 1 aromatic carbocycles. The third-order valence-corrected chi connectivity index (χ3v) is 3.48. The standard InChI is InChI=1S/C15H20N2O3/c18-14(13-9-5-2-6-10-13)16-17-15(19)20-11-12-7-3-1-4-8-12/h1,3-4,7-8,13H,2,5-6,9-11H2,(H,16,18)(H,17,19). The molecule has 2 rings (SSSR count). The second-order valence-corrected chi connectivity index (χ2v) is 5.01. The van der Waals surface area contributed by atoms with Crippen LogP contribution >= 0.6 is 0 Å². The summed E-state index contributed by atoms with van der Waals surface area (Å²) in [6.07, 6.45) is 4.50. The summed E-state index contributed by atoms with van der Waals surface area (Å²) in [5, 5.41) is 0. The Labute approximate surface area is 118 Å². The number of nitrogens with one attached hydrogen (secondary N) is 2. The van der Waals surface area contributed by atoms with Crippen LogP contribution in [0.4, 0.5) is 4.79 Å². The molecule has 0 spiro atoms. The van der Waals surface area contributed by atoms with Crippen molar-refractivity contribution in [2.75, 3.05) is 0 Å². The lowest BCUT2D eigenvalue weighted by Crippen LogP contribution is -2.45. The van der Waals surface area contributed by atoms with E-state index in [1.54, 1.807) is 0 Å². The van der Waals surface area contributed by atoms with Crippen molar-refractivity contribution in [1.82, 2.24) is 10.9 Å². The molecule has 0 aliphatic heterocycles. The lowest BCUT2D eigenvalue weighted by atomic mass is 9.89. The number of carbonyl (C=O) groups excluding carboxylic acids is 2. The Bertz CT molecular complexity index is 442. The summed E-state index contributed by atoms with van der Waals surface area (Å²) in [7, 11) is 0. The first-order valence-electron chi connectivity index (χ1n) is 7.02. The zero-order valence-corrected chi connectivity index (χ0v) is 11.4. The molecule has 20 heavy (non-hydrogen) atoms. The van der Waals surface area contributed by atoms with Gasteiger partial charge in [-0.25, -0.2) is 10.2 Å². The molecule has 0 radical (unpaired) electrons. The Morgan fingerprint density at radius 1 is 1.05 bits per heavy atom. The smallest absolute Gasteiger partial charge is 0.426 e. The largest absolute Gasteiger partial charge is 0.443 e. The molecule has 2 amide bonds. The predicted octanol–water partition coefficient (Wildman–Crippen LogP) is 2.52. The van der Waals surface area contributed by atoms with Crippen molar-refractivity contribution in [3.63, 3.8) is 0 Å². The summed E-state index contributed by atoms with van der Waals surface area (Å²) in [6, 6.07) is 9.39. The van der Waals surface area contributed by atoms with E-state index in [2.05, 4.69) is 10.9 Å². The summed E-state index contributed by atoms with van der Waals surface area (Å²) in [4.78, 5) is 23.3. The van der Waals surface area contributed by atoms with Crippen molar-refractivity contribution in [3.8, 4) is 0 Å². The molecule has 5 heteroatoms. The second kappa shape index (κ2) is 7.53. The first-order valence-corrected chi connectivity index (χ1v) is 7.02. The highest BCUT2D eigenvalue weighted by molar-refractivity contribution is 5.81. The van der Waals surface area contributed by atoms with Crippen LogP contribution in [0.25, 0.3) is 0 Å². The van der Waals surface area contributed by atoms with E-state index in [0.29, 0.717) is 0 Å². The molecule has 0 aromatic heterocycles. The molecule has 0 saturated heterocycles. The van der Waals surface area contributed by atoms with Gasteiger partial charge in [0, 0.05) is 5.92 Å². The maximum absolute atomic E-state index is 11.8. The Kier molecular flexibility index (Phi) is 5.41. The predicted molar refractivity (Wildman–Crippen MR) is 74.5 cm³/mol. The summed E-state index contributed by atoms with van der Waals surface area (Å²) >= 11 is 0. The Morgan fingerprint density at radius 3 is 2.45 bits per heavy atom. The van der Waals surface area contributed by atoms with E-state index in [0.717, 1.165) is 31.2 Å². The lowest BCUT2D eigenvalue weighted by molar-refractivity contribution is -0.126. The van der Waals surface area contributed by atoms with Gasteiger partial charge < -0.3 is 4.74 Å². The summed E-state index contributed by atoms with van der Waals surface area (Å²) in [5.74, 6) is -0.112. The van der Waals surface area contributed by atoms with Crippen molar-refractivity contribution in [3.05, 3.63) is 35.9 Å². The molecule has 1 fully saturated rings. The average molecular weight is 276 g/mol. The van der Waals surface area contributed by atoms with Gasteiger partial charge in [-0.1, -0.05) is 49.6 Å². The van der Waals surface area contributed by atoms with E-state index in [1.165, 1.54) is 6.42 Å². The van der Waals surface area contributed by atoms with Crippen LogP contribution in [0.2, 0.25) is 0 Å². The van der Waals surface area contributed by atoms with E-state index in [1.807, 2.05) is 30.3 Å². The lowest BCUT2D eigenvalue weighted by Gasteiger charge is -2.20. The zero-order valence-electron chi connectivity index (χ0n) is 11.4. The molecule has 0 atom stereocenters. The van der Waals surface area contributed by atoms with Gasteiger partial charge in [0.2, 0.25) is 5.91 Å². The normalized spacial score (nSPS) is 15.4. The zero-order chi connectivity index (χ0) is 14.2. The fourth-order valence-corrected chi connectivity index (χ4v) is 2.34. The van der Waals surface area contributed by atoms with Gasteiger partial charge in [-0.3, -0.25) is 10.2 Å². The van der Waals surface area contributed by atoms with Gasteiger partial charge in [-0.2, -0.15) is 0 Å². The maximum Gasteiger partial charge on any atom is 0.426 e. The summed E-state index contributed by atoms with van der Waals surface area (Å²) in [6.45, 7) is 0.186. The van der Waals surface area contributed by atoms with Crippen molar-refractivity contribution >= 4 is 12.0 Å². The molecule has 2 N–H and O–H groups in total. The Morgan fingerprint density at radius 2 is 1.75 bits per heavy atom. The van der Waals surface area contributed by atoms with Crippen LogP contribution in [0.15, 0.2) is 30.3 Å². The van der Waals surface area contributed by atoms with Gasteiger partial charge in [0.05, 0.1) is 0 Å². The van der Waals surface area contributed by atoms with Gasteiger partial charge in [-0.15, -0.1) is 0 Å². The molecule has 0 bridgehead atoms. The van der Waals surface area contributed by atoms with Crippen LogP contribution in [-0.2, 0) is 16.1 Å². The molecule has 1 aromatic rings. The molecule has 1 aliphatic carbocycles. The van der Waals surface area contributed by atoms with Gasteiger partial charge in [0.25, 0.3) is 0 Å². The van der Waals surface area contributed by atoms with E-state index in [-0.39, 0.29) is 18.4 Å². The van der Waals surface area contributed by atoms with E-state index in [9.17, 15) is 9.59 Å². The van der Waals surface area contributed by atoms with Gasteiger partial charge in [-0.05, 0) is 18.4 Å². The molecule has 1 saturated carbocycles. The number of hydrogen-bond acceptors (Lipinski definition) is 3. The van der Waals surface area contributed by atoms with Crippen LogP contribution in [0, 0.1) is 5.92 Å². The van der Waals surface area contributed by atoms with Crippen molar-refractivity contribution in [2.45, 2.75) is 38.7 Å². The quantitative estimate of drug-likeness (QED) is 0.834. The first kappa shape index (κ1) is 14.4. The third-order valence-electron chi connectivity index (χ3n) is 3.48. The van der Waals surface area contributed by atoms with Crippen LogP contribution in [0.5, 0.6) is 0 Å². The highest BCUT2D eigenvalue weighted by Crippen LogP contribution is 2.23. The van der Waals surface area contributed by atoms with Crippen LogP contribution in [-0.4, -0.2) is 12.0 Å². The monoisotopic (exact) mass is 276 g/mol. The van der Waals surface area contributed by atoms with Gasteiger partial charge in [0.15, 0.2) is 0 Å². The number of benzene rings is 1. The first-order chi connectivity index (χ1) is 9.75. The molecular weight excluding hydrogens is 256 g/mol. The number of hydrogen-bond donors (Lipinski definition) is 2. The number of hydrazine groups is 1. The van der Waals surface area contributed by atoms with Crippen LogP contribution in [0.1, 0.15) is 37.7 Å². The molecule has 1 aliphatic rings. The second-order valence-electron chi connectivity index (χ2n) is 5.01. The minimum atomic E-state index is -0.641.